The molecule has 1 unspecified atom stereocenters. The molecule has 1 aliphatic heterocycles. The summed E-state index contributed by atoms with van der Waals surface area (Å²) in [6.07, 6.45) is 7.45. The number of guanidine groups is 1. The van der Waals surface area contributed by atoms with E-state index >= 15 is 0 Å². The maximum Gasteiger partial charge on any atom is 0.193 e. The number of rotatable bonds is 5. The normalized spacial score (nSPS) is 17.8. The predicted molar refractivity (Wildman–Crippen MR) is 108 cm³/mol. The monoisotopic (exact) mass is 353 g/mol. The van der Waals surface area contributed by atoms with Crippen molar-refractivity contribution in [1.29, 1.82) is 0 Å². The molecule has 3 rings (SSSR count). The molecule has 5 nitrogen and oxygen atoms in total. The van der Waals surface area contributed by atoms with Crippen LogP contribution in [0.15, 0.2) is 35.6 Å². The highest BCUT2D eigenvalue weighted by atomic mass is 15.3. The van der Waals surface area contributed by atoms with Crippen molar-refractivity contribution < 1.29 is 0 Å². The molecule has 0 spiro atoms. The first kappa shape index (κ1) is 18.5. The van der Waals surface area contributed by atoms with Gasteiger partial charge in [-0.1, -0.05) is 29.3 Å². The Morgan fingerprint density at radius 3 is 2.65 bits per heavy atom. The molecule has 1 aromatic heterocycles. The van der Waals surface area contributed by atoms with E-state index in [4.69, 9.17) is 0 Å². The molecule has 0 radical (unpaired) electrons. The van der Waals surface area contributed by atoms with Crippen LogP contribution >= 0.6 is 0 Å². The number of likely N-dealkylation sites (tertiary alicyclic amines) is 1. The van der Waals surface area contributed by atoms with Crippen molar-refractivity contribution in [3.05, 3.63) is 52.8 Å². The van der Waals surface area contributed by atoms with Crippen molar-refractivity contribution in [3.63, 3.8) is 0 Å². The summed E-state index contributed by atoms with van der Waals surface area (Å²) in [4.78, 5) is 6.89. The minimum Gasteiger partial charge on any atom is -0.356 e. The third kappa shape index (κ3) is 4.87. The zero-order valence-electron chi connectivity index (χ0n) is 16.5. The molecule has 2 aromatic rings. The number of nitrogens with zero attached hydrogens (tertiary/aromatic N) is 4. The fourth-order valence-electron chi connectivity index (χ4n) is 3.97. The van der Waals surface area contributed by atoms with Crippen LogP contribution < -0.4 is 5.32 Å². The Morgan fingerprint density at radius 1 is 1.23 bits per heavy atom. The van der Waals surface area contributed by atoms with E-state index in [0.717, 1.165) is 38.4 Å². The van der Waals surface area contributed by atoms with Crippen LogP contribution in [0.2, 0.25) is 0 Å². The second-order valence-corrected chi connectivity index (χ2v) is 7.55. The van der Waals surface area contributed by atoms with Gasteiger partial charge in [0.25, 0.3) is 0 Å². The zero-order chi connectivity index (χ0) is 18.5. The zero-order valence-corrected chi connectivity index (χ0v) is 16.5. The highest BCUT2D eigenvalue weighted by molar-refractivity contribution is 5.80. The van der Waals surface area contributed by atoms with E-state index in [1.54, 1.807) is 0 Å². The smallest absolute Gasteiger partial charge is 0.193 e. The Balaban J connectivity index is 1.48. The number of hydrogen-bond donors (Lipinski definition) is 1. The second kappa shape index (κ2) is 8.39. The van der Waals surface area contributed by atoms with Gasteiger partial charge >= 0.3 is 0 Å². The number of aromatic nitrogens is 2. The SMILES string of the molecule is CN=C(NCCc1cc(C)cc(C)c1)N1CCC(Cc2cnn(C)c2)C1. The van der Waals surface area contributed by atoms with Crippen LogP contribution in [-0.4, -0.2) is 47.3 Å². The molecule has 1 N–H and O–H groups in total. The Morgan fingerprint density at radius 2 is 2.00 bits per heavy atom. The van der Waals surface area contributed by atoms with Crippen LogP contribution in [0.5, 0.6) is 0 Å². The standard InChI is InChI=1S/C21H31N5/c1-16-9-17(2)11-18(10-16)5-7-23-21(22-3)26-8-6-19(15-26)12-20-13-24-25(4)14-20/h9-11,13-14,19H,5-8,12,15H2,1-4H3,(H,22,23). The van der Waals surface area contributed by atoms with E-state index in [2.05, 4.69) is 58.6 Å². The van der Waals surface area contributed by atoms with Crippen molar-refractivity contribution in [2.75, 3.05) is 26.7 Å². The van der Waals surface area contributed by atoms with Crippen LogP contribution in [0.1, 0.15) is 28.7 Å². The molecule has 0 bridgehead atoms. The van der Waals surface area contributed by atoms with Gasteiger partial charge in [0.15, 0.2) is 5.96 Å². The van der Waals surface area contributed by atoms with Crippen LogP contribution in [0.4, 0.5) is 0 Å². The summed E-state index contributed by atoms with van der Waals surface area (Å²) >= 11 is 0. The Labute approximate surface area is 157 Å². The van der Waals surface area contributed by atoms with Gasteiger partial charge in [-0.25, -0.2) is 0 Å². The third-order valence-corrected chi connectivity index (χ3v) is 5.06. The van der Waals surface area contributed by atoms with Gasteiger partial charge in [-0.05, 0) is 50.2 Å². The molecular weight excluding hydrogens is 322 g/mol. The lowest BCUT2D eigenvalue weighted by Gasteiger charge is -2.21. The second-order valence-electron chi connectivity index (χ2n) is 7.55. The lowest BCUT2D eigenvalue weighted by Crippen LogP contribution is -2.41. The topological polar surface area (TPSA) is 45.5 Å². The quantitative estimate of drug-likeness (QED) is 0.664. The molecule has 0 aliphatic carbocycles. The molecule has 5 heteroatoms. The molecule has 0 saturated carbocycles. The summed E-state index contributed by atoms with van der Waals surface area (Å²) in [6.45, 7) is 7.39. The number of aryl methyl sites for hydroxylation is 3. The van der Waals surface area contributed by atoms with E-state index in [0.29, 0.717) is 5.92 Å². The van der Waals surface area contributed by atoms with E-state index < -0.39 is 0 Å². The summed E-state index contributed by atoms with van der Waals surface area (Å²) in [5.41, 5.74) is 5.39. The molecule has 140 valence electrons. The lowest BCUT2D eigenvalue weighted by molar-refractivity contribution is 0.460. The van der Waals surface area contributed by atoms with Crippen molar-refractivity contribution in [3.8, 4) is 0 Å². The number of benzene rings is 1. The fraction of sp³-hybridized carbons (Fsp3) is 0.524. The first-order valence-electron chi connectivity index (χ1n) is 9.54. The Hall–Kier alpha value is -2.30. The van der Waals surface area contributed by atoms with E-state index in [1.807, 2.05) is 25.0 Å². The summed E-state index contributed by atoms with van der Waals surface area (Å²) in [6, 6.07) is 6.77. The van der Waals surface area contributed by atoms with Gasteiger partial charge < -0.3 is 10.2 Å². The molecule has 1 aromatic carbocycles. The average Bonchev–Trinajstić information content (AvgIpc) is 3.20. The Kier molecular flexibility index (Phi) is 5.96. The average molecular weight is 354 g/mol. The van der Waals surface area contributed by atoms with Crippen molar-refractivity contribution >= 4 is 5.96 Å². The largest absolute Gasteiger partial charge is 0.356 e. The molecule has 1 fully saturated rings. The van der Waals surface area contributed by atoms with Crippen molar-refractivity contribution in [2.45, 2.75) is 33.1 Å². The molecular formula is C21H31N5. The van der Waals surface area contributed by atoms with Gasteiger partial charge in [-0.15, -0.1) is 0 Å². The Bertz CT molecular complexity index is 741. The van der Waals surface area contributed by atoms with Gasteiger partial charge in [0.05, 0.1) is 6.20 Å². The van der Waals surface area contributed by atoms with Gasteiger partial charge in [0, 0.05) is 39.9 Å². The first-order valence-corrected chi connectivity index (χ1v) is 9.54. The number of nitrogens with one attached hydrogen (secondary N) is 1. The van der Waals surface area contributed by atoms with Gasteiger partial charge in [0.1, 0.15) is 0 Å². The predicted octanol–water partition coefficient (Wildman–Crippen LogP) is 2.72. The van der Waals surface area contributed by atoms with Crippen LogP contribution in [0.25, 0.3) is 0 Å². The number of aliphatic imine (C=N–C) groups is 1. The first-order chi connectivity index (χ1) is 12.5. The summed E-state index contributed by atoms with van der Waals surface area (Å²) < 4.78 is 1.88. The van der Waals surface area contributed by atoms with Crippen LogP contribution in [0.3, 0.4) is 0 Å². The summed E-state index contributed by atoms with van der Waals surface area (Å²) in [5, 5.41) is 7.82. The molecule has 1 saturated heterocycles. The summed E-state index contributed by atoms with van der Waals surface area (Å²) in [7, 11) is 3.86. The highest BCUT2D eigenvalue weighted by Gasteiger charge is 2.25. The summed E-state index contributed by atoms with van der Waals surface area (Å²) in [5.74, 6) is 1.71. The van der Waals surface area contributed by atoms with Gasteiger partial charge in [0.2, 0.25) is 0 Å². The molecule has 1 atom stereocenters. The maximum absolute atomic E-state index is 4.50. The lowest BCUT2D eigenvalue weighted by atomic mass is 10.0. The van der Waals surface area contributed by atoms with E-state index in [9.17, 15) is 0 Å². The fourth-order valence-corrected chi connectivity index (χ4v) is 3.97. The van der Waals surface area contributed by atoms with Crippen LogP contribution in [-0.2, 0) is 19.9 Å². The van der Waals surface area contributed by atoms with Crippen molar-refractivity contribution in [2.24, 2.45) is 18.0 Å². The number of hydrogen-bond acceptors (Lipinski definition) is 2. The minimum absolute atomic E-state index is 0.678. The third-order valence-electron chi connectivity index (χ3n) is 5.06. The molecule has 26 heavy (non-hydrogen) atoms. The van der Waals surface area contributed by atoms with E-state index in [1.165, 1.54) is 28.7 Å². The van der Waals surface area contributed by atoms with Crippen LogP contribution in [0, 0.1) is 19.8 Å². The van der Waals surface area contributed by atoms with E-state index in [-0.39, 0.29) is 0 Å². The van der Waals surface area contributed by atoms with Gasteiger partial charge in [-0.2, -0.15) is 5.10 Å². The van der Waals surface area contributed by atoms with Crippen molar-refractivity contribution in [1.82, 2.24) is 20.0 Å². The molecule has 2 heterocycles. The highest BCUT2D eigenvalue weighted by Crippen LogP contribution is 2.20. The minimum atomic E-state index is 0.678. The maximum atomic E-state index is 4.50. The molecule has 0 amide bonds. The molecule has 1 aliphatic rings. The van der Waals surface area contributed by atoms with Gasteiger partial charge in [-0.3, -0.25) is 9.67 Å².